The minimum Gasteiger partial charge on any atom is -0.872 e. The zero-order chi connectivity index (χ0) is 18.1. The van der Waals surface area contributed by atoms with Crippen LogP contribution in [0, 0.1) is 0 Å². The third-order valence-corrected chi connectivity index (χ3v) is 3.43. The van der Waals surface area contributed by atoms with Crippen LogP contribution in [-0.2, 0) is 12.8 Å². The topological polar surface area (TPSA) is 108 Å². The number of carboxylic acid groups (broad SMARTS) is 1. The van der Waals surface area contributed by atoms with Crippen LogP contribution in [0.2, 0.25) is 0 Å². The van der Waals surface area contributed by atoms with Crippen LogP contribution in [0.5, 0.6) is 11.5 Å². The molecule has 1 aromatic carbocycles. The number of hydrogen-bond donors (Lipinski definition) is 2. The molecule has 6 heteroatoms. The lowest BCUT2D eigenvalue weighted by Crippen LogP contribution is -2.02. The maximum atomic E-state index is 10.7. The van der Waals surface area contributed by atoms with Crippen molar-refractivity contribution < 1.29 is 25.1 Å². The van der Waals surface area contributed by atoms with E-state index in [1.54, 1.807) is 0 Å². The number of nitrogens with zero attached hydrogens (tertiary/aromatic N) is 1. The number of phenolic OH excluding ortho intramolecular Hbond substituents is 1. The molecule has 0 fully saturated rings. The van der Waals surface area contributed by atoms with Crippen molar-refractivity contribution in [3.05, 3.63) is 83.9 Å². The molecule has 6 nitrogen and oxygen atoms in total. The lowest BCUT2D eigenvalue weighted by atomic mass is 10.1. The Labute approximate surface area is 145 Å². The van der Waals surface area contributed by atoms with Crippen LogP contribution in [0.25, 0.3) is 0 Å². The van der Waals surface area contributed by atoms with Crippen LogP contribution in [0.15, 0.2) is 67.3 Å². The second-order valence-corrected chi connectivity index (χ2v) is 5.25. The monoisotopic (exact) mass is 338 g/mol. The molecular weight excluding hydrogens is 320 g/mol. The first-order valence-corrected chi connectivity index (χ1v) is 7.63. The smallest absolute Gasteiger partial charge is 0.335 e. The van der Waals surface area contributed by atoms with Gasteiger partial charge in [-0.15, -0.1) is 0 Å². The number of aromatic amines is 1. The average Bonchev–Trinajstić information content (AvgIpc) is 2.64. The fraction of sp³-hybridized carbons (Fsp3) is 0.105. The van der Waals surface area contributed by atoms with E-state index in [0.717, 1.165) is 31.0 Å². The van der Waals surface area contributed by atoms with E-state index >= 15 is 0 Å². The molecule has 25 heavy (non-hydrogen) atoms. The van der Waals surface area contributed by atoms with Gasteiger partial charge in [0.15, 0.2) is 12.4 Å². The number of aromatic hydroxyl groups is 1. The third kappa shape index (κ3) is 5.95. The van der Waals surface area contributed by atoms with Gasteiger partial charge >= 0.3 is 5.97 Å². The van der Waals surface area contributed by atoms with Gasteiger partial charge in [0, 0.05) is 24.5 Å². The highest BCUT2D eigenvalue weighted by Crippen LogP contribution is 2.19. The number of aromatic nitrogens is 2. The fourth-order valence-electron chi connectivity index (χ4n) is 2.11. The lowest BCUT2D eigenvalue weighted by molar-refractivity contribution is -0.378. The molecule has 0 radical (unpaired) electrons. The first kappa shape index (κ1) is 17.9. The molecule has 0 saturated carbocycles. The van der Waals surface area contributed by atoms with Gasteiger partial charge in [-0.1, -0.05) is 11.8 Å². The van der Waals surface area contributed by atoms with Crippen molar-refractivity contribution in [3.8, 4) is 11.5 Å². The standard InChI is InChI=1S/C12H12N2.C7H6O4/c1(11-3-7-13-8-4-11)2-12-5-9-14-10-6-12;8-4-1-2-6(9)5(3-4)7(10)11/h3-10H,1-2H2;1-3,8-9H,(H,10,11). The van der Waals surface area contributed by atoms with Crippen LogP contribution >= 0.6 is 0 Å². The molecule has 3 rings (SSSR count). The molecule has 0 aliphatic carbocycles. The molecular formula is C19H18N2O4. The molecule has 128 valence electrons. The van der Waals surface area contributed by atoms with E-state index in [2.05, 4.69) is 34.2 Å². The summed E-state index contributed by atoms with van der Waals surface area (Å²) in [6, 6.07) is 11.4. The number of pyridine rings is 2. The first-order chi connectivity index (χ1) is 12.1. The average molecular weight is 338 g/mol. The molecule has 0 amide bonds. The molecule has 0 saturated heterocycles. The van der Waals surface area contributed by atoms with Crippen LogP contribution in [0.4, 0.5) is 0 Å². The number of aromatic carboxylic acids is 1. The van der Waals surface area contributed by atoms with Crippen LogP contribution in [-0.4, -0.2) is 21.2 Å². The number of benzene rings is 1. The summed E-state index contributed by atoms with van der Waals surface area (Å²) < 4.78 is 0. The third-order valence-electron chi connectivity index (χ3n) is 3.43. The minimum atomic E-state index is -1.33. The van der Waals surface area contributed by atoms with Gasteiger partial charge in [0.25, 0.3) is 0 Å². The molecule has 0 aliphatic rings. The van der Waals surface area contributed by atoms with Crippen LogP contribution in [0.1, 0.15) is 21.5 Å². The first-order valence-electron chi connectivity index (χ1n) is 7.63. The van der Waals surface area contributed by atoms with E-state index in [4.69, 9.17) is 10.2 Å². The zero-order valence-electron chi connectivity index (χ0n) is 13.4. The summed E-state index contributed by atoms with van der Waals surface area (Å²) in [4.78, 5) is 17.3. The zero-order valence-corrected chi connectivity index (χ0v) is 13.4. The molecule has 0 spiro atoms. The van der Waals surface area contributed by atoms with Gasteiger partial charge in [-0.2, -0.15) is 0 Å². The maximum absolute atomic E-state index is 10.7. The summed E-state index contributed by atoms with van der Waals surface area (Å²) in [6.45, 7) is 0. The number of H-pyrrole nitrogens is 1. The van der Waals surface area contributed by atoms with Gasteiger partial charge < -0.3 is 15.3 Å². The Balaban J connectivity index is 0.000000186. The van der Waals surface area contributed by atoms with Gasteiger partial charge in [0.05, 0.1) is 5.56 Å². The summed E-state index contributed by atoms with van der Waals surface area (Å²) in [7, 11) is 0. The number of nitrogens with one attached hydrogen (secondary N) is 1. The van der Waals surface area contributed by atoms with Gasteiger partial charge in [0.1, 0.15) is 5.75 Å². The Morgan fingerprint density at radius 2 is 1.60 bits per heavy atom. The van der Waals surface area contributed by atoms with Crippen LogP contribution in [0.3, 0.4) is 0 Å². The Bertz CT molecular complexity index is 769. The number of rotatable bonds is 4. The Morgan fingerprint density at radius 3 is 2.16 bits per heavy atom. The van der Waals surface area contributed by atoms with Crippen molar-refractivity contribution in [3.63, 3.8) is 0 Å². The Morgan fingerprint density at radius 1 is 1.00 bits per heavy atom. The second-order valence-electron chi connectivity index (χ2n) is 5.25. The van der Waals surface area contributed by atoms with Crippen molar-refractivity contribution in [2.75, 3.05) is 0 Å². The lowest BCUT2D eigenvalue weighted by Gasteiger charge is -2.08. The summed E-state index contributed by atoms with van der Waals surface area (Å²) in [5.74, 6) is -2.15. The van der Waals surface area contributed by atoms with E-state index < -0.39 is 17.3 Å². The molecule has 0 bridgehead atoms. The number of hydrogen-bond acceptors (Lipinski definition) is 4. The maximum Gasteiger partial charge on any atom is 0.335 e. The normalized spacial score (nSPS) is 9.76. The summed E-state index contributed by atoms with van der Waals surface area (Å²) in [6.07, 6.45) is 9.76. The SMILES string of the molecule is O=C(O)c1cc(O)ccc1[O-].c1cc(CCc2cc[nH+]cc2)ccn1. The second kappa shape index (κ2) is 9.02. The quantitative estimate of drug-likeness (QED) is 0.755. The van der Waals surface area contributed by atoms with Gasteiger partial charge in [0.2, 0.25) is 0 Å². The highest BCUT2D eigenvalue weighted by Gasteiger charge is 2.03. The molecule has 2 aromatic heterocycles. The van der Waals surface area contributed by atoms with Crippen molar-refractivity contribution in [1.82, 2.24) is 4.98 Å². The predicted molar refractivity (Wildman–Crippen MR) is 89.2 cm³/mol. The highest BCUT2D eigenvalue weighted by molar-refractivity contribution is 5.90. The number of carbonyl (C=O) groups is 1. The fourth-order valence-corrected chi connectivity index (χ4v) is 2.11. The number of phenols is 1. The van der Waals surface area contributed by atoms with E-state index in [1.807, 2.05) is 24.8 Å². The van der Waals surface area contributed by atoms with E-state index in [-0.39, 0.29) is 5.75 Å². The van der Waals surface area contributed by atoms with Crippen molar-refractivity contribution >= 4 is 5.97 Å². The Hall–Kier alpha value is -3.41. The molecule has 0 atom stereocenters. The summed E-state index contributed by atoms with van der Waals surface area (Å²) >= 11 is 0. The largest absolute Gasteiger partial charge is 0.872 e. The summed E-state index contributed by atoms with van der Waals surface area (Å²) in [5.41, 5.74) is 2.29. The molecule has 3 N–H and O–H groups in total. The van der Waals surface area contributed by atoms with Gasteiger partial charge in [-0.3, -0.25) is 4.98 Å². The molecule has 2 heterocycles. The van der Waals surface area contributed by atoms with Gasteiger partial charge in [-0.25, -0.2) is 9.78 Å². The number of carboxylic acids is 1. The van der Waals surface area contributed by atoms with Crippen molar-refractivity contribution in [2.24, 2.45) is 0 Å². The molecule has 3 aromatic rings. The van der Waals surface area contributed by atoms with E-state index in [0.29, 0.717) is 0 Å². The van der Waals surface area contributed by atoms with Crippen molar-refractivity contribution in [2.45, 2.75) is 12.8 Å². The molecule has 0 aliphatic heterocycles. The van der Waals surface area contributed by atoms with E-state index in [1.165, 1.54) is 11.1 Å². The van der Waals surface area contributed by atoms with Gasteiger partial charge in [-0.05, 0) is 48.2 Å². The highest BCUT2D eigenvalue weighted by atomic mass is 16.4. The number of aryl methyl sites for hydroxylation is 2. The summed E-state index contributed by atoms with van der Waals surface area (Å²) in [5, 5.41) is 27.9. The van der Waals surface area contributed by atoms with E-state index in [9.17, 15) is 9.90 Å². The minimum absolute atomic E-state index is 0.220. The van der Waals surface area contributed by atoms with Crippen molar-refractivity contribution in [1.29, 1.82) is 0 Å². The predicted octanol–water partition coefficient (Wildman–Crippen LogP) is 1.84. The molecule has 0 unspecified atom stereocenters. The van der Waals surface area contributed by atoms with Crippen LogP contribution < -0.4 is 10.1 Å². The Kier molecular flexibility index (Phi) is 6.47.